The van der Waals surface area contributed by atoms with Crippen LogP contribution in [-0.2, 0) is 11.3 Å². The van der Waals surface area contributed by atoms with E-state index < -0.39 is 4.92 Å². The number of nitro groups is 1. The van der Waals surface area contributed by atoms with Gasteiger partial charge in [0.25, 0.3) is 0 Å². The van der Waals surface area contributed by atoms with Crippen LogP contribution >= 0.6 is 11.6 Å². The van der Waals surface area contributed by atoms with Gasteiger partial charge in [0, 0.05) is 13.7 Å². The van der Waals surface area contributed by atoms with Crippen molar-refractivity contribution in [2.45, 2.75) is 12.6 Å². The zero-order chi connectivity index (χ0) is 11.4. The van der Waals surface area contributed by atoms with E-state index in [4.69, 9.17) is 22.1 Å². The molecule has 0 saturated heterocycles. The SMILES string of the molecule is CO[C@@H](CN)Cn1cc([N+](=O)[O-])nc1Cl. The quantitative estimate of drug-likeness (QED) is 0.588. The van der Waals surface area contributed by atoms with Crippen LogP contribution < -0.4 is 5.73 Å². The number of nitrogens with two attached hydrogens (primary N) is 1. The molecular weight excluding hydrogens is 224 g/mol. The lowest BCUT2D eigenvalue weighted by Crippen LogP contribution is -2.27. The molecule has 0 bridgehead atoms. The van der Waals surface area contributed by atoms with E-state index in [2.05, 4.69) is 4.98 Å². The maximum atomic E-state index is 10.4. The molecule has 0 aliphatic heterocycles. The van der Waals surface area contributed by atoms with Crippen LogP contribution in [-0.4, -0.2) is 34.2 Å². The number of rotatable bonds is 5. The highest BCUT2D eigenvalue weighted by Gasteiger charge is 2.18. The number of ether oxygens (including phenoxy) is 1. The second-order valence-corrected chi connectivity index (χ2v) is 3.21. The Balaban J connectivity index is 2.81. The van der Waals surface area contributed by atoms with Crippen LogP contribution in [0.25, 0.3) is 0 Å². The third-order valence-corrected chi connectivity index (χ3v) is 2.20. The summed E-state index contributed by atoms with van der Waals surface area (Å²) >= 11 is 5.70. The van der Waals surface area contributed by atoms with Gasteiger partial charge in [-0.3, -0.25) is 4.57 Å². The molecule has 0 unspecified atom stereocenters. The Hall–Kier alpha value is -1.18. The normalized spacial score (nSPS) is 12.7. The minimum absolute atomic E-state index is 0.0530. The molecule has 1 aromatic heterocycles. The lowest BCUT2D eigenvalue weighted by atomic mass is 10.3. The first-order chi connectivity index (χ1) is 7.08. The molecule has 1 heterocycles. The molecule has 1 atom stereocenters. The highest BCUT2D eigenvalue weighted by atomic mass is 35.5. The lowest BCUT2D eigenvalue weighted by Gasteiger charge is -2.12. The Morgan fingerprint density at radius 3 is 2.93 bits per heavy atom. The van der Waals surface area contributed by atoms with Crippen molar-refractivity contribution in [3.63, 3.8) is 0 Å². The van der Waals surface area contributed by atoms with Crippen LogP contribution in [0.2, 0.25) is 5.28 Å². The molecular formula is C7H11ClN4O3. The fourth-order valence-corrected chi connectivity index (χ4v) is 1.27. The van der Waals surface area contributed by atoms with Crippen molar-refractivity contribution < 1.29 is 9.66 Å². The average molecular weight is 235 g/mol. The third-order valence-electron chi connectivity index (χ3n) is 1.90. The van der Waals surface area contributed by atoms with E-state index in [1.54, 1.807) is 0 Å². The van der Waals surface area contributed by atoms with Crippen molar-refractivity contribution in [3.8, 4) is 0 Å². The van der Waals surface area contributed by atoms with Gasteiger partial charge in [-0.05, 0) is 21.5 Å². The van der Waals surface area contributed by atoms with E-state index in [1.165, 1.54) is 17.9 Å². The Morgan fingerprint density at radius 2 is 2.53 bits per heavy atom. The smallest absolute Gasteiger partial charge is 0.378 e. The van der Waals surface area contributed by atoms with Gasteiger partial charge in [0.15, 0.2) is 0 Å². The van der Waals surface area contributed by atoms with Crippen molar-refractivity contribution in [2.24, 2.45) is 5.73 Å². The number of methoxy groups -OCH3 is 1. The van der Waals surface area contributed by atoms with Gasteiger partial charge in [-0.15, -0.1) is 0 Å². The molecule has 15 heavy (non-hydrogen) atoms. The number of halogens is 1. The van der Waals surface area contributed by atoms with Crippen LogP contribution in [0, 0.1) is 10.1 Å². The minimum atomic E-state index is -0.605. The summed E-state index contributed by atoms with van der Waals surface area (Å²) in [4.78, 5) is 13.4. The lowest BCUT2D eigenvalue weighted by molar-refractivity contribution is -0.389. The summed E-state index contributed by atoms with van der Waals surface area (Å²) in [6.45, 7) is 0.644. The summed E-state index contributed by atoms with van der Waals surface area (Å²) in [6.07, 6.45) is 1.01. The van der Waals surface area contributed by atoms with Gasteiger partial charge in [-0.2, -0.15) is 0 Å². The largest absolute Gasteiger partial charge is 0.383 e. The third kappa shape index (κ3) is 2.88. The van der Waals surface area contributed by atoms with E-state index in [0.717, 1.165) is 0 Å². The maximum absolute atomic E-state index is 10.4. The average Bonchev–Trinajstić information content (AvgIpc) is 2.56. The molecule has 0 spiro atoms. The Kier molecular flexibility index (Phi) is 4.01. The summed E-state index contributed by atoms with van der Waals surface area (Å²) in [5.74, 6) is -0.285. The highest BCUT2D eigenvalue weighted by Crippen LogP contribution is 2.15. The van der Waals surface area contributed by atoms with Gasteiger partial charge >= 0.3 is 11.1 Å². The van der Waals surface area contributed by atoms with Crippen LogP contribution in [0.5, 0.6) is 0 Å². The summed E-state index contributed by atoms with van der Waals surface area (Å²) in [6, 6.07) is 0. The van der Waals surface area contributed by atoms with Crippen molar-refractivity contribution in [1.82, 2.24) is 9.55 Å². The molecule has 0 aliphatic carbocycles. The predicted octanol–water partition coefficient (Wildman–Crippen LogP) is 0.418. The molecule has 0 amide bonds. The highest BCUT2D eigenvalue weighted by molar-refractivity contribution is 6.28. The molecule has 1 aromatic rings. The molecule has 0 aliphatic rings. The Bertz CT molecular complexity index is 350. The number of nitrogens with zero attached hydrogens (tertiary/aromatic N) is 3. The van der Waals surface area contributed by atoms with Gasteiger partial charge in [0.05, 0.1) is 12.6 Å². The molecule has 0 aromatic carbocycles. The van der Waals surface area contributed by atoms with Gasteiger partial charge in [-0.25, -0.2) is 0 Å². The topological polar surface area (TPSA) is 96.2 Å². The van der Waals surface area contributed by atoms with Crippen molar-refractivity contribution in [3.05, 3.63) is 21.6 Å². The van der Waals surface area contributed by atoms with Gasteiger partial charge in [0.2, 0.25) is 0 Å². The molecule has 1 rings (SSSR count). The van der Waals surface area contributed by atoms with Gasteiger partial charge in [-0.1, -0.05) is 0 Å². The maximum Gasteiger partial charge on any atom is 0.383 e. The van der Waals surface area contributed by atoms with E-state index in [-0.39, 0.29) is 17.2 Å². The Labute approximate surface area is 90.9 Å². The van der Waals surface area contributed by atoms with E-state index >= 15 is 0 Å². The number of imidazole rings is 1. The molecule has 0 saturated carbocycles. The van der Waals surface area contributed by atoms with Crippen LogP contribution in [0.1, 0.15) is 0 Å². The predicted molar refractivity (Wildman–Crippen MR) is 53.7 cm³/mol. The first-order valence-corrected chi connectivity index (χ1v) is 4.56. The Morgan fingerprint density at radius 1 is 1.87 bits per heavy atom. The summed E-state index contributed by atoms with van der Waals surface area (Å²) in [5.41, 5.74) is 5.41. The minimum Gasteiger partial charge on any atom is -0.378 e. The molecule has 0 fully saturated rings. The second-order valence-electron chi connectivity index (χ2n) is 2.87. The molecule has 84 valence electrons. The van der Waals surface area contributed by atoms with Crippen LogP contribution in [0.3, 0.4) is 0 Å². The summed E-state index contributed by atoms with van der Waals surface area (Å²) < 4.78 is 6.46. The first kappa shape index (κ1) is 11.9. The summed E-state index contributed by atoms with van der Waals surface area (Å²) in [5, 5.41) is 10.5. The molecule has 2 N–H and O–H groups in total. The van der Waals surface area contributed by atoms with E-state index in [9.17, 15) is 10.1 Å². The standard InChI is InChI=1S/C7H11ClN4O3/c1-15-5(2-9)3-11-4-6(12(13)14)10-7(11)8/h4-5H,2-3,9H2,1H3/t5-/m0/s1. The second kappa shape index (κ2) is 5.06. The van der Waals surface area contributed by atoms with Crippen LogP contribution in [0.4, 0.5) is 5.82 Å². The van der Waals surface area contributed by atoms with Gasteiger partial charge in [0.1, 0.15) is 6.20 Å². The number of hydrogen-bond acceptors (Lipinski definition) is 5. The first-order valence-electron chi connectivity index (χ1n) is 4.18. The van der Waals surface area contributed by atoms with Gasteiger partial charge < -0.3 is 20.6 Å². The number of aromatic nitrogens is 2. The van der Waals surface area contributed by atoms with E-state index in [1.807, 2.05) is 0 Å². The van der Waals surface area contributed by atoms with Crippen LogP contribution in [0.15, 0.2) is 6.20 Å². The van der Waals surface area contributed by atoms with E-state index in [0.29, 0.717) is 13.1 Å². The number of hydrogen-bond donors (Lipinski definition) is 1. The van der Waals surface area contributed by atoms with Crippen molar-refractivity contribution in [1.29, 1.82) is 0 Å². The zero-order valence-electron chi connectivity index (χ0n) is 8.09. The molecule has 8 heteroatoms. The molecule has 7 nitrogen and oxygen atoms in total. The van der Waals surface area contributed by atoms with Crippen molar-refractivity contribution in [2.75, 3.05) is 13.7 Å². The fourth-order valence-electron chi connectivity index (χ4n) is 1.06. The monoisotopic (exact) mass is 234 g/mol. The zero-order valence-corrected chi connectivity index (χ0v) is 8.85. The molecule has 0 radical (unpaired) electrons. The fraction of sp³-hybridized carbons (Fsp3) is 0.571. The summed E-state index contributed by atoms with van der Waals surface area (Å²) in [7, 11) is 1.51. The van der Waals surface area contributed by atoms with Crippen molar-refractivity contribution >= 4 is 17.4 Å².